The van der Waals surface area contributed by atoms with E-state index in [2.05, 4.69) is 10.2 Å². The summed E-state index contributed by atoms with van der Waals surface area (Å²) >= 11 is 0. The highest BCUT2D eigenvalue weighted by Crippen LogP contribution is 2.13. The van der Waals surface area contributed by atoms with Crippen molar-refractivity contribution in [3.8, 4) is 0 Å². The van der Waals surface area contributed by atoms with E-state index in [4.69, 9.17) is 0 Å². The molecule has 2 aromatic carbocycles. The van der Waals surface area contributed by atoms with Crippen LogP contribution in [0.3, 0.4) is 0 Å². The molecule has 1 aliphatic heterocycles. The first-order chi connectivity index (χ1) is 13.0. The van der Waals surface area contributed by atoms with Crippen molar-refractivity contribution >= 4 is 17.5 Å². The molecular weight excluding hydrogens is 345 g/mol. The van der Waals surface area contributed by atoms with Crippen LogP contribution in [0.4, 0.5) is 10.1 Å². The molecule has 1 N–H and O–H groups in total. The van der Waals surface area contributed by atoms with Gasteiger partial charge in [-0.2, -0.15) is 0 Å². The summed E-state index contributed by atoms with van der Waals surface area (Å²) in [7, 11) is 0. The molecule has 142 valence electrons. The normalized spacial score (nSPS) is 14.8. The highest BCUT2D eigenvalue weighted by Gasteiger charge is 2.22. The number of amides is 2. The Hall–Kier alpha value is -2.73. The number of anilines is 1. The predicted octanol–water partition coefficient (Wildman–Crippen LogP) is 2.78. The summed E-state index contributed by atoms with van der Waals surface area (Å²) in [5.41, 5.74) is 2.42. The first-order valence-electron chi connectivity index (χ1n) is 9.15. The Labute approximate surface area is 158 Å². The van der Waals surface area contributed by atoms with E-state index in [0.29, 0.717) is 18.7 Å². The van der Waals surface area contributed by atoms with Gasteiger partial charge in [-0.15, -0.1) is 0 Å². The van der Waals surface area contributed by atoms with Crippen molar-refractivity contribution < 1.29 is 14.0 Å². The summed E-state index contributed by atoms with van der Waals surface area (Å²) in [5, 5.41) is 2.76. The lowest BCUT2D eigenvalue weighted by atomic mass is 10.1. The van der Waals surface area contributed by atoms with Crippen molar-refractivity contribution in [3.05, 3.63) is 65.5 Å². The molecule has 1 heterocycles. The lowest BCUT2D eigenvalue weighted by Gasteiger charge is -2.34. The van der Waals surface area contributed by atoms with Crippen LogP contribution in [-0.4, -0.2) is 54.3 Å². The molecule has 0 unspecified atom stereocenters. The van der Waals surface area contributed by atoms with E-state index in [1.807, 2.05) is 24.3 Å². The van der Waals surface area contributed by atoms with E-state index in [9.17, 15) is 14.0 Å². The maximum absolute atomic E-state index is 13.3. The SMILES string of the molecule is CC(=O)Nc1ccc(CCN2CCN(C(=O)c3cccc(F)c3)CC2)cc1. The van der Waals surface area contributed by atoms with Crippen LogP contribution in [-0.2, 0) is 11.2 Å². The second-order valence-electron chi connectivity index (χ2n) is 6.77. The van der Waals surface area contributed by atoms with Gasteiger partial charge in [0.15, 0.2) is 0 Å². The van der Waals surface area contributed by atoms with E-state index >= 15 is 0 Å². The highest BCUT2D eigenvalue weighted by atomic mass is 19.1. The third-order valence-electron chi connectivity index (χ3n) is 4.72. The van der Waals surface area contributed by atoms with Crippen LogP contribution in [0.1, 0.15) is 22.8 Å². The van der Waals surface area contributed by atoms with Crippen molar-refractivity contribution in [2.24, 2.45) is 0 Å². The predicted molar refractivity (Wildman–Crippen MR) is 103 cm³/mol. The molecule has 2 aromatic rings. The summed E-state index contributed by atoms with van der Waals surface area (Å²) in [5.74, 6) is -0.569. The minimum Gasteiger partial charge on any atom is -0.336 e. The average Bonchev–Trinajstić information content (AvgIpc) is 2.67. The van der Waals surface area contributed by atoms with Crippen molar-refractivity contribution in [2.75, 3.05) is 38.0 Å². The monoisotopic (exact) mass is 369 g/mol. The third kappa shape index (κ3) is 5.37. The molecule has 0 saturated carbocycles. The fourth-order valence-electron chi connectivity index (χ4n) is 3.22. The standard InChI is InChI=1S/C21H24FN3O2/c1-16(26)23-20-7-5-17(6-8-20)9-10-24-11-13-25(14-12-24)21(27)18-3-2-4-19(22)15-18/h2-8,15H,9-14H2,1H3,(H,23,26). The van der Waals surface area contributed by atoms with Gasteiger partial charge < -0.3 is 10.2 Å². The molecule has 1 aliphatic rings. The van der Waals surface area contributed by atoms with E-state index in [1.165, 1.54) is 24.6 Å². The Bertz CT molecular complexity index is 799. The minimum absolute atomic E-state index is 0.0755. The number of carbonyl (C=O) groups excluding carboxylic acids is 2. The topological polar surface area (TPSA) is 52.7 Å². The molecule has 1 fully saturated rings. The van der Waals surface area contributed by atoms with Gasteiger partial charge in [0.25, 0.3) is 5.91 Å². The van der Waals surface area contributed by atoms with Gasteiger partial charge in [0.1, 0.15) is 5.82 Å². The summed E-state index contributed by atoms with van der Waals surface area (Å²) < 4.78 is 13.3. The van der Waals surface area contributed by atoms with Gasteiger partial charge in [-0.1, -0.05) is 18.2 Å². The molecule has 5 nitrogen and oxygen atoms in total. The fourth-order valence-corrected chi connectivity index (χ4v) is 3.22. The van der Waals surface area contributed by atoms with Crippen molar-refractivity contribution in [1.29, 1.82) is 0 Å². The molecule has 6 heteroatoms. The third-order valence-corrected chi connectivity index (χ3v) is 4.72. The van der Waals surface area contributed by atoms with E-state index in [1.54, 1.807) is 17.0 Å². The minimum atomic E-state index is -0.385. The van der Waals surface area contributed by atoms with Crippen LogP contribution in [0, 0.1) is 5.82 Å². The van der Waals surface area contributed by atoms with Gasteiger partial charge in [0, 0.05) is 50.9 Å². The number of halogens is 1. The van der Waals surface area contributed by atoms with Crippen LogP contribution >= 0.6 is 0 Å². The Morgan fingerprint density at radius 2 is 1.74 bits per heavy atom. The van der Waals surface area contributed by atoms with Gasteiger partial charge in [-0.3, -0.25) is 14.5 Å². The Morgan fingerprint density at radius 3 is 2.37 bits per heavy atom. The number of hydrogen-bond donors (Lipinski definition) is 1. The van der Waals surface area contributed by atoms with Crippen molar-refractivity contribution in [1.82, 2.24) is 9.80 Å². The van der Waals surface area contributed by atoms with Crippen LogP contribution in [0.5, 0.6) is 0 Å². The second-order valence-corrected chi connectivity index (χ2v) is 6.77. The maximum atomic E-state index is 13.3. The Morgan fingerprint density at radius 1 is 1.04 bits per heavy atom. The molecule has 27 heavy (non-hydrogen) atoms. The van der Waals surface area contributed by atoms with Crippen molar-refractivity contribution in [3.63, 3.8) is 0 Å². The summed E-state index contributed by atoms with van der Waals surface area (Å²) in [6, 6.07) is 13.7. The van der Waals surface area contributed by atoms with Crippen LogP contribution in [0.15, 0.2) is 48.5 Å². The Kier molecular flexibility index (Phi) is 6.19. The van der Waals surface area contributed by atoms with Gasteiger partial charge >= 0.3 is 0 Å². The molecular formula is C21H24FN3O2. The summed E-state index contributed by atoms with van der Waals surface area (Å²) in [6.45, 7) is 5.33. The molecule has 0 aliphatic carbocycles. The zero-order valence-corrected chi connectivity index (χ0v) is 15.5. The number of nitrogens with zero attached hydrogens (tertiary/aromatic N) is 2. The fraction of sp³-hybridized carbons (Fsp3) is 0.333. The first-order valence-corrected chi connectivity index (χ1v) is 9.15. The summed E-state index contributed by atoms with van der Waals surface area (Å²) in [6.07, 6.45) is 0.915. The summed E-state index contributed by atoms with van der Waals surface area (Å²) in [4.78, 5) is 27.6. The molecule has 3 rings (SSSR count). The molecule has 0 bridgehead atoms. The van der Waals surface area contributed by atoms with Crippen molar-refractivity contribution in [2.45, 2.75) is 13.3 Å². The van der Waals surface area contributed by atoms with E-state index in [-0.39, 0.29) is 17.6 Å². The number of hydrogen-bond acceptors (Lipinski definition) is 3. The molecule has 0 aromatic heterocycles. The first kappa shape index (κ1) is 19.0. The molecule has 2 amide bonds. The van der Waals surface area contributed by atoms with Crippen LogP contribution in [0.25, 0.3) is 0 Å². The largest absolute Gasteiger partial charge is 0.336 e. The average molecular weight is 369 g/mol. The second kappa shape index (κ2) is 8.77. The molecule has 1 saturated heterocycles. The quantitative estimate of drug-likeness (QED) is 0.882. The Balaban J connectivity index is 1.45. The smallest absolute Gasteiger partial charge is 0.254 e. The van der Waals surface area contributed by atoms with Gasteiger partial charge in [0.05, 0.1) is 0 Å². The number of nitrogens with one attached hydrogen (secondary N) is 1. The van der Waals surface area contributed by atoms with Gasteiger partial charge in [-0.25, -0.2) is 4.39 Å². The zero-order chi connectivity index (χ0) is 19.2. The van der Waals surface area contributed by atoms with E-state index in [0.717, 1.165) is 31.7 Å². The molecule has 0 radical (unpaired) electrons. The number of piperazine rings is 1. The lowest BCUT2D eigenvalue weighted by molar-refractivity contribution is -0.114. The number of carbonyl (C=O) groups is 2. The number of benzene rings is 2. The maximum Gasteiger partial charge on any atom is 0.254 e. The number of rotatable bonds is 5. The van der Waals surface area contributed by atoms with Gasteiger partial charge in [-0.05, 0) is 42.3 Å². The molecule has 0 atom stereocenters. The highest BCUT2D eigenvalue weighted by molar-refractivity contribution is 5.94. The molecule has 0 spiro atoms. The van der Waals surface area contributed by atoms with E-state index < -0.39 is 0 Å². The van der Waals surface area contributed by atoms with Gasteiger partial charge in [0.2, 0.25) is 5.91 Å². The van der Waals surface area contributed by atoms with Crippen LogP contribution in [0.2, 0.25) is 0 Å². The zero-order valence-electron chi connectivity index (χ0n) is 15.5. The van der Waals surface area contributed by atoms with Crippen LogP contribution < -0.4 is 5.32 Å². The lowest BCUT2D eigenvalue weighted by Crippen LogP contribution is -2.49.